The Morgan fingerprint density at radius 3 is 2.47 bits per heavy atom. The van der Waals surface area contributed by atoms with Crippen LogP contribution in [0.3, 0.4) is 0 Å². The Morgan fingerprint density at radius 2 is 1.83 bits per heavy atom. The molecule has 2 rings (SSSR count). The second kappa shape index (κ2) is 12.7. The van der Waals surface area contributed by atoms with Crippen LogP contribution in [0.4, 0.5) is 5.82 Å². The van der Waals surface area contributed by atoms with Gasteiger partial charge in [0.2, 0.25) is 0 Å². The highest BCUT2D eigenvalue weighted by atomic mass is 16.5. The molecular formula is C23H35N5O2. The number of anilines is 1. The first kappa shape index (κ1) is 23.5. The number of benzene rings is 1. The van der Waals surface area contributed by atoms with Gasteiger partial charge in [-0.1, -0.05) is 18.2 Å². The maximum absolute atomic E-state index is 5.86. The monoisotopic (exact) mass is 413 g/mol. The molecular weight excluding hydrogens is 378 g/mol. The van der Waals surface area contributed by atoms with Gasteiger partial charge in [-0.25, -0.2) is 4.98 Å². The van der Waals surface area contributed by atoms with Crippen molar-refractivity contribution in [3.63, 3.8) is 0 Å². The number of aliphatic imine (C=N–C) groups is 1. The minimum absolute atomic E-state index is 0.524. The summed E-state index contributed by atoms with van der Waals surface area (Å²) >= 11 is 0. The van der Waals surface area contributed by atoms with Gasteiger partial charge in [-0.2, -0.15) is 0 Å². The van der Waals surface area contributed by atoms with Gasteiger partial charge in [-0.15, -0.1) is 0 Å². The molecule has 1 aromatic heterocycles. The van der Waals surface area contributed by atoms with E-state index < -0.39 is 0 Å². The van der Waals surface area contributed by atoms with E-state index in [4.69, 9.17) is 9.47 Å². The molecule has 0 unspecified atom stereocenters. The minimum Gasteiger partial charge on any atom is -0.491 e. The number of nitrogens with zero attached hydrogens (tertiary/aromatic N) is 3. The van der Waals surface area contributed by atoms with Crippen LogP contribution in [0, 0.1) is 6.92 Å². The van der Waals surface area contributed by atoms with Crippen LogP contribution in [-0.4, -0.2) is 51.4 Å². The van der Waals surface area contributed by atoms with E-state index in [1.54, 1.807) is 14.2 Å². The number of aryl methyl sites for hydroxylation is 1. The van der Waals surface area contributed by atoms with E-state index in [9.17, 15) is 0 Å². The Kier molecular flexibility index (Phi) is 9.94. The number of nitrogens with one attached hydrogen (secondary N) is 2. The van der Waals surface area contributed by atoms with Gasteiger partial charge in [0.05, 0.1) is 6.61 Å². The van der Waals surface area contributed by atoms with Gasteiger partial charge in [0.25, 0.3) is 0 Å². The van der Waals surface area contributed by atoms with E-state index in [-0.39, 0.29) is 0 Å². The molecule has 0 radical (unpaired) electrons. The van der Waals surface area contributed by atoms with E-state index in [0.717, 1.165) is 47.3 Å². The standard InChI is InChI=1S/C23H35N5O2/c1-6-28(7-2)22-11-9-19(15-25-22)16-26-23(24-4)27-17-20-10-8-18(3)14-21(20)30-13-12-29-5/h8-11,14-15H,6-7,12-13,16-17H2,1-5H3,(H2,24,26,27). The Hall–Kier alpha value is -2.80. The fourth-order valence-corrected chi connectivity index (χ4v) is 3.02. The van der Waals surface area contributed by atoms with Crippen LogP contribution in [0.25, 0.3) is 0 Å². The number of hydrogen-bond acceptors (Lipinski definition) is 5. The molecule has 1 heterocycles. The van der Waals surface area contributed by atoms with E-state index in [0.29, 0.717) is 26.3 Å². The summed E-state index contributed by atoms with van der Waals surface area (Å²) in [7, 11) is 3.44. The number of methoxy groups -OCH3 is 1. The molecule has 164 valence electrons. The molecule has 0 bridgehead atoms. The molecule has 2 aromatic rings. The van der Waals surface area contributed by atoms with E-state index >= 15 is 0 Å². The normalized spacial score (nSPS) is 11.3. The number of guanidine groups is 1. The molecule has 30 heavy (non-hydrogen) atoms. The highest BCUT2D eigenvalue weighted by molar-refractivity contribution is 5.79. The Bertz CT molecular complexity index is 789. The van der Waals surface area contributed by atoms with E-state index in [2.05, 4.69) is 70.5 Å². The summed E-state index contributed by atoms with van der Waals surface area (Å²) in [5, 5.41) is 6.69. The van der Waals surface area contributed by atoms with Crippen molar-refractivity contribution >= 4 is 11.8 Å². The van der Waals surface area contributed by atoms with Crippen LogP contribution in [0.2, 0.25) is 0 Å². The van der Waals surface area contributed by atoms with Gasteiger partial charge in [-0.05, 0) is 44.0 Å². The molecule has 0 fully saturated rings. The topological polar surface area (TPSA) is 71.0 Å². The number of ether oxygens (including phenoxy) is 2. The zero-order chi connectivity index (χ0) is 21.8. The van der Waals surface area contributed by atoms with Crippen molar-refractivity contribution in [3.05, 3.63) is 53.2 Å². The van der Waals surface area contributed by atoms with Gasteiger partial charge in [0, 0.05) is 52.1 Å². The lowest BCUT2D eigenvalue weighted by molar-refractivity contribution is 0.145. The molecule has 0 aliphatic rings. The summed E-state index contributed by atoms with van der Waals surface area (Å²) < 4.78 is 10.9. The second-order valence-corrected chi connectivity index (χ2v) is 6.93. The molecule has 7 nitrogen and oxygen atoms in total. The first-order valence-electron chi connectivity index (χ1n) is 10.5. The second-order valence-electron chi connectivity index (χ2n) is 6.93. The van der Waals surface area contributed by atoms with Crippen LogP contribution < -0.4 is 20.3 Å². The first-order valence-corrected chi connectivity index (χ1v) is 10.5. The van der Waals surface area contributed by atoms with Gasteiger partial charge >= 0.3 is 0 Å². The van der Waals surface area contributed by atoms with Crippen molar-refractivity contribution in [3.8, 4) is 5.75 Å². The van der Waals surface area contributed by atoms with Crippen molar-refractivity contribution in [2.45, 2.75) is 33.9 Å². The SMILES string of the molecule is CCN(CC)c1ccc(CNC(=NC)NCc2ccc(C)cc2OCCOC)cn1. The van der Waals surface area contributed by atoms with Gasteiger partial charge in [-0.3, -0.25) is 4.99 Å². The summed E-state index contributed by atoms with van der Waals surface area (Å²) in [6.45, 7) is 10.6. The lowest BCUT2D eigenvalue weighted by atomic mass is 10.1. The smallest absolute Gasteiger partial charge is 0.191 e. The van der Waals surface area contributed by atoms with Crippen molar-refractivity contribution < 1.29 is 9.47 Å². The summed E-state index contributed by atoms with van der Waals surface area (Å²) in [6.07, 6.45) is 1.91. The lowest BCUT2D eigenvalue weighted by Gasteiger charge is -2.20. The number of rotatable bonds is 11. The molecule has 0 spiro atoms. The van der Waals surface area contributed by atoms with Gasteiger partial charge in [0.1, 0.15) is 18.2 Å². The third kappa shape index (κ3) is 7.22. The van der Waals surface area contributed by atoms with Crippen molar-refractivity contribution in [1.82, 2.24) is 15.6 Å². The maximum atomic E-state index is 5.86. The fourth-order valence-electron chi connectivity index (χ4n) is 3.02. The van der Waals surface area contributed by atoms with Crippen molar-refractivity contribution in [2.24, 2.45) is 4.99 Å². The molecule has 0 saturated heterocycles. The zero-order valence-corrected chi connectivity index (χ0v) is 18.9. The number of pyridine rings is 1. The summed E-state index contributed by atoms with van der Waals surface area (Å²) in [5.74, 6) is 2.60. The highest BCUT2D eigenvalue weighted by Gasteiger charge is 2.07. The van der Waals surface area contributed by atoms with Gasteiger partial charge < -0.3 is 25.0 Å². The van der Waals surface area contributed by atoms with Crippen LogP contribution in [0.15, 0.2) is 41.5 Å². The van der Waals surface area contributed by atoms with Crippen LogP contribution in [0.1, 0.15) is 30.5 Å². The third-order valence-corrected chi connectivity index (χ3v) is 4.79. The third-order valence-electron chi connectivity index (χ3n) is 4.79. The number of aromatic nitrogens is 1. The van der Waals surface area contributed by atoms with E-state index in [1.165, 1.54) is 0 Å². The van der Waals surface area contributed by atoms with Crippen molar-refractivity contribution in [1.29, 1.82) is 0 Å². The van der Waals surface area contributed by atoms with E-state index in [1.807, 2.05) is 12.3 Å². The maximum Gasteiger partial charge on any atom is 0.191 e. The molecule has 0 amide bonds. The average Bonchev–Trinajstić information content (AvgIpc) is 2.77. The summed E-state index contributed by atoms with van der Waals surface area (Å²) in [6, 6.07) is 10.4. The molecule has 0 saturated carbocycles. The fraction of sp³-hybridized carbons (Fsp3) is 0.478. The van der Waals surface area contributed by atoms with Crippen LogP contribution >= 0.6 is 0 Å². The Morgan fingerprint density at radius 1 is 1.07 bits per heavy atom. The minimum atomic E-state index is 0.524. The van der Waals surface area contributed by atoms with Gasteiger partial charge in [0.15, 0.2) is 5.96 Å². The predicted molar refractivity (Wildman–Crippen MR) is 123 cm³/mol. The summed E-state index contributed by atoms with van der Waals surface area (Å²) in [5.41, 5.74) is 3.34. The highest BCUT2D eigenvalue weighted by Crippen LogP contribution is 2.20. The molecule has 0 atom stereocenters. The molecule has 0 aliphatic heterocycles. The quantitative estimate of drug-likeness (QED) is 0.335. The van der Waals surface area contributed by atoms with Crippen LogP contribution in [0.5, 0.6) is 5.75 Å². The zero-order valence-electron chi connectivity index (χ0n) is 18.9. The summed E-state index contributed by atoms with van der Waals surface area (Å²) in [4.78, 5) is 11.1. The lowest BCUT2D eigenvalue weighted by Crippen LogP contribution is -2.36. The van der Waals surface area contributed by atoms with Crippen molar-refractivity contribution in [2.75, 3.05) is 45.4 Å². The Balaban J connectivity index is 1.91. The first-order chi connectivity index (χ1) is 14.6. The Labute approximate surface area is 180 Å². The molecule has 2 N–H and O–H groups in total. The molecule has 1 aromatic carbocycles. The molecule has 7 heteroatoms. The average molecular weight is 414 g/mol. The predicted octanol–water partition coefficient (Wildman–Crippen LogP) is 3.13. The largest absolute Gasteiger partial charge is 0.491 e. The number of hydrogen-bond donors (Lipinski definition) is 2. The van der Waals surface area contributed by atoms with Crippen LogP contribution in [-0.2, 0) is 17.8 Å². The molecule has 0 aliphatic carbocycles.